The van der Waals surface area contributed by atoms with Gasteiger partial charge >= 0.3 is 5.69 Å². The third-order valence-electron chi connectivity index (χ3n) is 4.74. The average molecular weight is 498 g/mol. The van der Waals surface area contributed by atoms with Crippen molar-refractivity contribution in [3.05, 3.63) is 49.1 Å². The van der Waals surface area contributed by atoms with E-state index in [-0.39, 0.29) is 22.7 Å². The molecule has 0 aliphatic carbocycles. The maximum atomic E-state index is 12.8. The molecule has 0 bridgehead atoms. The van der Waals surface area contributed by atoms with Gasteiger partial charge < -0.3 is 9.88 Å². The molecule has 0 unspecified atom stereocenters. The molecule has 0 aliphatic heterocycles. The summed E-state index contributed by atoms with van der Waals surface area (Å²) in [5.74, 6) is -0.970. The maximum Gasteiger partial charge on any atom is 0.332 e. The summed E-state index contributed by atoms with van der Waals surface area (Å²) in [6.07, 6.45) is -0.294. The standard InChI is InChI=1S/C18H20BrN5O5S/c1-10-9-11(5-6-12(10)19)20-13(25)7-8-30(28,29)17-21-14-15(22(17)2)23(3)18(27)24(4)16(14)26/h5-6,9H,7-8H2,1-4H3,(H,20,25). The van der Waals surface area contributed by atoms with Gasteiger partial charge in [-0.3, -0.25) is 18.7 Å². The van der Waals surface area contributed by atoms with E-state index in [9.17, 15) is 22.8 Å². The summed E-state index contributed by atoms with van der Waals surface area (Å²) in [5.41, 5.74) is 0.163. The van der Waals surface area contributed by atoms with Gasteiger partial charge in [0.1, 0.15) is 0 Å². The van der Waals surface area contributed by atoms with Crippen molar-refractivity contribution >= 4 is 48.5 Å². The lowest BCUT2D eigenvalue weighted by atomic mass is 10.2. The summed E-state index contributed by atoms with van der Waals surface area (Å²) in [4.78, 5) is 40.7. The van der Waals surface area contributed by atoms with Gasteiger partial charge in [-0.2, -0.15) is 0 Å². The monoisotopic (exact) mass is 497 g/mol. The summed E-state index contributed by atoms with van der Waals surface area (Å²) in [5, 5.41) is 2.29. The zero-order valence-electron chi connectivity index (χ0n) is 16.8. The van der Waals surface area contributed by atoms with Crippen molar-refractivity contribution in [1.82, 2.24) is 18.7 Å². The molecule has 0 atom stereocenters. The van der Waals surface area contributed by atoms with Crippen molar-refractivity contribution in [2.24, 2.45) is 21.1 Å². The van der Waals surface area contributed by atoms with Gasteiger partial charge in [0.05, 0.1) is 5.75 Å². The second-order valence-electron chi connectivity index (χ2n) is 6.91. The SMILES string of the molecule is Cc1cc(NC(=O)CCS(=O)(=O)c2nc3c(=O)n(C)c(=O)n(C)c3n2C)ccc1Br. The van der Waals surface area contributed by atoms with Crippen molar-refractivity contribution in [2.75, 3.05) is 11.1 Å². The fourth-order valence-corrected chi connectivity index (χ4v) is 4.72. The number of halogens is 1. The van der Waals surface area contributed by atoms with E-state index in [4.69, 9.17) is 0 Å². The third-order valence-corrected chi connectivity index (χ3v) is 7.29. The Bertz CT molecular complexity index is 1400. The molecule has 3 aromatic rings. The number of rotatable bonds is 5. The minimum Gasteiger partial charge on any atom is -0.326 e. The molecule has 160 valence electrons. The minimum atomic E-state index is -3.99. The van der Waals surface area contributed by atoms with Crippen LogP contribution >= 0.6 is 15.9 Å². The number of sulfone groups is 1. The van der Waals surface area contributed by atoms with Crippen LogP contribution in [-0.4, -0.2) is 38.8 Å². The predicted octanol–water partition coefficient (Wildman–Crippen LogP) is 0.844. The quantitative estimate of drug-likeness (QED) is 0.556. The number of nitrogens with zero attached hydrogens (tertiary/aromatic N) is 4. The van der Waals surface area contributed by atoms with Crippen molar-refractivity contribution in [3.8, 4) is 0 Å². The number of hydrogen-bond acceptors (Lipinski definition) is 6. The topological polar surface area (TPSA) is 125 Å². The van der Waals surface area contributed by atoms with Crippen LogP contribution in [0.2, 0.25) is 0 Å². The molecule has 0 aliphatic rings. The Morgan fingerprint density at radius 3 is 2.43 bits per heavy atom. The Labute approximate surface area is 180 Å². The molecule has 0 saturated heterocycles. The van der Waals surface area contributed by atoms with Crippen LogP contribution in [0.15, 0.2) is 37.4 Å². The highest BCUT2D eigenvalue weighted by Crippen LogP contribution is 2.20. The number of amides is 1. The normalized spacial score (nSPS) is 11.8. The van der Waals surface area contributed by atoms with Crippen molar-refractivity contribution in [1.29, 1.82) is 0 Å². The number of aryl methyl sites for hydroxylation is 3. The van der Waals surface area contributed by atoms with Gasteiger partial charge in [-0.25, -0.2) is 18.2 Å². The second kappa shape index (κ2) is 7.84. The van der Waals surface area contributed by atoms with Gasteiger partial charge in [0.15, 0.2) is 11.2 Å². The van der Waals surface area contributed by atoms with Gasteiger partial charge in [-0.05, 0) is 30.7 Å². The van der Waals surface area contributed by atoms with Gasteiger partial charge in [0.2, 0.25) is 20.9 Å². The van der Waals surface area contributed by atoms with Crippen LogP contribution in [0.3, 0.4) is 0 Å². The first kappa shape index (κ1) is 22.0. The highest BCUT2D eigenvalue weighted by Gasteiger charge is 2.26. The van der Waals surface area contributed by atoms with E-state index in [0.29, 0.717) is 5.69 Å². The van der Waals surface area contributed by atoms with Crippen LogP contribution in [0.25, 0.3) is 11.2 Å². The summed E-state index contributed by atoms with van der Waals surface area (Å²) in [6.45, 7) is 1.87. The molecule has 0 radical (unpaired) electrons. The fraction of sp³-hybridized carbons (Fsp3) is 0.333. The van der Waals surface area contributed by atoms with Crippen molar-refractivity contribution in [3.63, 3.8) is 0 Å². The Balaban J connectivity index is 1.87. The van der Waals surface area contributed by atoms with Gasteiger partial charge in [0, 0.05) is 37.7 Å². The number of fused-ring (bicyclic) bond motifs is 1. The molecule has 0 spiro atoms. The molecule has 0 fully saturated rings. The number of benzene rings is 1. The molecule has 10 nitrogen and oxygen atoms in total. The Morgan fingerprint density at radius 1 is 1.13 bits per heavy atom. The zero-order valence-corrected chi connectivity index (χ0v) is 19.2. The Kier molecular flexibility index (Phi) is 5.74. The lowest BCUT2D eigenvalue weighted by Gasteiger charge is -2.08. The summed E-state index contributed by atoms with van der Waals surface area (Å²) < 4.78 is 29.7. The molecular formula is C18H20BrN5O5S. The summed E-state index contributed by atoms with van der Waals surface area (Å²) >= 11 is 3.37. The molecular weight excluding hydrogens is 478 g/mol. The summed E-state index contributed by atoms with van der Waals surface area (Å²) in [7, 11) is 0.133. The average Bonchev–Trinajstić information content (AvgIpc) is 3.04. The fourth-order valence-electron chi connectivity index (χ4n) is 3.10. The van der Waals surface area contributed by atoms with Crippen molar-refractivity contribution in [2.45, 2.75) is 18.5 Å². The largest absolute Gasteiger partial charge is 0.332 e. The first-order valence-electron chi connectivity index (χ1n) is 8.85. The first-order valence-corrected chi connectivity index (χ1v) is 11.3. The van der Waals surface area contributed by atoms with Crippen LogP contribution < -0.4 is 16.6 Å². The zero-order chi connectivity index (χ0) is 22.4. The van der Waals surface area contributed by atoms with E-state index < -0.39 is 32.7 Å². The maximum absolute atomic E-state index is 12.8. The summed E-state index contributed by atoms with van der Waals surface area (Å²) in [6, 6.07) is 5.25. The molecule has 12 heteroatoms. The van der Waals surface area contributed by atoms with Gasteiger partial charge in [0.25, 0.3) is 5.56 Å². The Hall–Kier alpha value is -2.73. The van der Waals surface area contributed by atoms with Gasteiger partial charge in [-0.15, -0.1) is 0 Å². The van der Waals surface area contributed by atoms with E-state index in [1.54, 1.807) is 18.2 Å². The van der Waals surface area contributed by atoms with E-state index in [1.807, 2.05) is 6.92 Å². The van der Waals surface area contributed by atoms with Crippen LogP contribution in [0.5, 0.6) is 0 Å². The number of anilines is 1. The van der Waals surface area contributed by atoms with Crippen LogP contribution in [0, 0.1) is 6.92 Å². The van der Waals surface area contributed by atoms with Gasteiger partial charge in [-0.1, -0.05) is 15.9 Å². The highest BCUT2D eigenvalue weighted by molar-refractivity contribution is 9.10. The van der Waals surface area contributed by atoms with Crippen molar-refractivity contribution < 1.29 is 13.2 Å². The molecule has 1 amide bonds. The smallest absolute Gasteiger partial charge is 0.326 e. The number of hydrogen-bond donors (Lipinski definition) is 1. The molecule has 2 heterocycles. The number of carbonyl (C=O) groups is 1. The van der Waals surface area contributed by atoms with Crippen LogP contribution in [0.1, 0.15) is 12.0 Å². The molecule has 30 heavy (non-hydrogen) atoms. The van der Waals surface area contributed by atoms with E-state index in [1.165, 1.54) is 25.7 Å². The molecule has 1 aromatic carbocycles. The van der Waals surface area contributed by atoms with Crippen LogP contribution in [-0.2, 0) is 35.8 Å². The van der Waals surface area contributed by atoms with E-state index in [0.717, 1.165) is 19.2 Å². The van der Waals surface area contributed by atoms with E-state index >= 15 is 0 Å². The molecule has 1 N–H and O–H groups in total. The lowest BCUT2D eigenvalue weighted by Crippen LogP contribution is -2.37. The lowest BCUT2D eigenvalue weighted by molar-refractivity contribution is -0.115. The van der Waals surface area contributed by atoms with Crippen LogP contribution in [0.4, 0.5) is 5.69 Å². The second-order valence-corrected chi connectivity index (χ2v) is 9.77. The highest BCUT2D eigenvalue weighted by atomic mass is 79.9. The third kappa shape index (κ3) is 3.84. The Morgan fingerprint density at radius 2 is 1.80 bits per heavy atom. The number of imidazole rings is 1. The molecule has 3 rings (SSSR count). The number of aromatic nitrogens is 4. The molecule has 0 saturated carbocycles. The molecule has 2 aromatic heterocycles. The number of carbonyl (C=O) groups excluding carboxylic acids is 1. The van der Waals surface area contributed by atoms with E-state index in [2.05, 4.69) is 26.2 Å². The predicted molar refractivity (Wildman–Crippen MR) is 115 cm³/mol. The first-order chi connectivity index (χ1) is 13.9. The number of nitrogens with one attached hydrogen (secondary N) is 1. The minimum absolute atomic E-state index is 0.0939.